The van der Waals surface area contributed by atoms with Gasteiger partial charge in [-0.2, -0.15) is 10.2 Å². The Kier molecular flexibility index (Phi) is 17.0. The SMILES string of the molecule is CC[C@H]1OC(=O)[C@H](C)[C@@H](OC(=O)Cc2ccccc2)[C@H](C)[C@@H](OC2OC(C)CC(N(C)C)C2O)[C@](C)(OC)C[C@@H](C)/C(=N\N=C(/C)c2ccccc2)[C@H](C)[C@@H](O)[C@]1(C)O. The Morgan fingerprint density at radius 1 is 0.966 bits per heavy atom. The van der Waals surface area contributed by atoms with E-state index in [0.29, 0.717) is 17.8 Å². The minimum absolute atomic E-state index is 0.0540. The standard InChI is InChI=1S/C46H69N3O10/c1-13-36-46(9,54)41(52)29(4)38(48-47-32(7)34-22-18-15-19-23-34)27(2)26-45(8,55-12)42(59-44-39(51)35(49(10)11)24-28(3)56-44)30(5)40(31(6)43(53)57-36)58-37(50)25-33-20-16-14-17-21-33/h14-23,27-31,35-36,39-42,44,51-52,54H,13,24-26H2,1-12H3/b47-32+,48-38+/t27-,28?,29+,30+,31-,35?,36-,39?,40+,41-,42-,44?,45-,46-/m1/s1. The number of nitrogens with zero attached hydrogens (tertiary/aromatic N) is 3. The predicted molar refractivity (Wildman–Crippen MR) is 227 cm³/mol. The molecule has 13 nitrogen and oxygen atoms in total. The number of likely N-dealkylation sites (N-methyl/N-ethyl adjacent to an activating group) is 1. The van der Waals surface area contributed by atoms with Gasteiger partial charge >= 0.3 is 11.9 Å². The molecule has 2 heterocycles. The van der Waals surface area contributed by atoms with Crippen molar-refractivity contribution >= 4 is 23.4 Å². The topological polar surface area (TPSA) is 169 Å². The van der Waals surface area contributed by atoms with Crippen molar-refractivity contribution in [3.05, 3.63) is 71.8 Å². The van der Waals surface area contributed by atoms with Crippen molar-refractivity contribution in [2.75, 3.05) is 21.2 Å². The van der Waals surface area contributed by atoms with Crippen LogP contribution in [0.15, 0.2) is 70.9 Å². The molecule has 2 aromatic carbocycles. The van der Waals surface area contributed by atoms with Gasteiger partial charge in [-0.15, -0.1) is 0 Å². The third-order valence-electron chi connectivity index (χ3n) is 12.5. The second-order valence-electron chi connectivity index (χ2n) is 17.4. The maximum Gasteiger partial charge on any atom is 0.312 e. The third kappa shape index (κ3) is 11.6. The van der Waals surface area contributed by atoms with Crippen LogP contribution in [0.25, 0.3) is 0 Å². The molecule has 2 aliphatic rings. The van der Waals surface area contributed by atoms with Crippen molar-refractivity contribution in [2.45, 2.75) is 148 Å². The molecule has 0 aromatic heterocycles. The Morgan fingerprint density at radius 3 is 2.15 bits per heavy atom. The predicted octanol–water partition coefficient (Wildman–Crippen LogP) is 5.60. The lowest BCUT2D eigenvalue weighted by Gasteiger charge is -2.48. The summed E-state index contributed by atoms with van der Waals surface area (Å²) in [6, 6.07) is 18.5. The summed E-state index contributed by atoms with van der Waals surface area (Å²) in [5, 5.41) is 45.2. The van der Waals surface area contributed by atoms with Crippen molar-refractivity contribution in [1.29, 1.82) is 0 Å². The number of aliphatic hydroxyl groups is 3. The fraction of sp³-hybridized carbons (Fsp3) is 0.652. The normalized spacial score (nSPS) is 37.5. The van der Waals surface area contributed by atoms with E-state index in [4.69, 9.17) is 28.8 Å². The van der Waals surface area contributed by atoms with Gasteiger partial charge in [-0.05, 0) is 85.0 Å². The molecule has 2 aromatic rings. The molecule has 2 saturated heterocycles. The summed E-state index contributed by atoms with van der Waals surface area (Å²) in [4.78, 5) is 30.0. The second kappa shape index (κ2) is 20.8. The molecule has 59 heavy (non-hydrogen) atoms. The second-order valence-corrected chi connectivity index (χ2v) is 17.4. The highest BCUT2D eigenvalue weighted by Crippen LogP contribution is 2.40. The smallest absolute Gasteiger partial charge is 0.312 e. The van der Waals surface area contributed by atoms with Gasteiger partial charge in [0.1, 0.15) is 23.9 Å². The average Bonchev–Trinajstić information content (AvgIpc) is 3.20. The van der Waals surface area contributed by atoms with Crippen LogP contribution in [0, 0.1) is 23.7 Å². The minimum atomic E-state index is -1.93. The number of cyclic esters (lactones) is 1. The number of hydrogen-bond donors (Lipinski definition) is 3. The van der Waals surface area contributed by atoms with Crippen molar-refractivity contribution in [3.8, 4) is 0 Å². The minimum Gasteiger partial charge on any atom is -0.461 e. The van der Waals surface area contributed by atoms with Crippen LogP contribution >= 0.6 is 0 Å². The van der Waals surface area contributed by atoms with Gasteiger partial charge in [0.05, 0.1) is 42.0 Å². The van der Waals surface area contributed by atoms with E-state index in [1.165, 1.54) is 6.92 Å². The summed E-state index contributed by atoms with van der Waals surface area (Å²) in [7, 11) is 5.34. The number of benzene rings is 2. The van der Waals surface area contributed by atoms with Gasteiger partial charge in [0.15, 0.2) is 6.29 Å². The molecule has 2 fully saturated rings. The Morgan fingerprint density at radius 2 is 1.58 bits per heavy atom. The van der Waals surface area contributed by atoms with Gasteiger partial charge < -0.3 is 43.9 Å². The third-order valence-corrected chi connectivity index (χ3v) is 12.5. The summed E-state index contributed by atoms with van der Waals surface area (Å²) in [6.07, 6.45) is -6.24. The van der Waals surface area contributed by atoms with Crippen LogP contribution in [0.2, 0.25) is 0 Å². The molecule has 4 rings (SSSR count). The van der Waals surface area contributed by atoms with Crippen LogP contribution in [0.5, 0.6) is 0 Å². The number of carbonyl (C=O) groups excluding carboxylic acids is 2. The Hall–Kier alpha value is -3.56. The van der Waals surface area contributed by atoms with E-state index < -0.39 is 83.6 Å². The summed E-state index contributed by atoms with van der Waals surface area (Å²) >= 11 is 0. The molecule has 13 heteroatoms. The van der Waals surface area contributed by atoms with E-state index in [-0.39, 0.29) is 31.4 Å². The van der Waals surface area contributed by atoms with Crippen molar-refractivity contribution in [3.63, 3.8) is 0 Å². The number of hydrogen-bond acceptors (Lipinski definition) is 13. The lowest BCUT2D eigenvalue weighted by molar-refractivity contribution is -0.301. The zero-order valence-corrected chi connectivity index (χ0v) is 37.1. The number of aliphatic hydroxyl groups excluding tert-OH is 2. The molecule has 0 aliphatic carbocycles. The maximum absolute atomic E-state index is 14.3. The summed E-state index contributed by atoms with van der Waals surface area (Å²) in [5.41, 5.74) is -0.450. The zero-order valence-electron chi connectivity index (χ0n) is 37.1. The average molecular weight is 824 g/mol. The van der Waals surface area contributed by atoms with Crippen LogP contribution in [-0.2, 0) is 39.7 Å². The fourth-order valence-electron chi connectivity index (χ4n) is 8.81. The fourth-order valence-corrected chi connectivity index (χ4v) is 8.81. The van der Waals surface area contributed by atoms with E-state index in [1.54, 1.807) is 27.9 Å². The van der Waals surface area contributed by atoms with Gasteiger partial charge in [-0.25, -0.2) is 0 Å². The molecular formula is C46H69N3O10. The van der Waals surface area contributed by atoms with E-state index in [9.17, 15) is 24.9 Å². The maximum atomic E-state index is 14.3. The van der Waals surface area contributed by atoms with Crippen LogP contribution < -0.4 is 0 Å². The van der Waals surface area contributed by atoms with Crippen molar-refractivity contribution < 1.29 is 48.6 Å². The highest BCUT2D eigenvalue weighted by atomic mass is 16.7. The number of methoxy groups -OCH3 is 1. The molecule has 0 saturated carbocycles. The van der Waals surface area contributed by atoms with Gasteiger partial charge in [0.2, 0.25) is 0 Å². The molecule has 3 N–H and O–H groups in total. The molecule has 328 valence electrons. The molecule has 0 amide bonds. The van der Waals surface area contributed by atoms with Gasteiger partial charge in [-0.1, -0.05) is 88.4 Å². The first kappa shape index (κ1) is 48.1. The summed E-state index contributed by atoms with van der Waals surface area (Å²) in [6.45, 7) is 16.0. The molecule has 4 unspecified atom stereocenters. The van der Waals surface area contributed by atoms with Gasteiger partial charge in [-0.3, -0.25) is 9.59 Å². The first-order valence-corrected chi connectivity index (χ1v) is 21.0. The van der Waals surface area contributed by atoms with Gasteiger partial charge in [0, 0.05) is 30.7 Å². The molecule has 2 aliphatic heterocycles. The van der Waals surface area contributed by atoms with E-state index in [0.717, 1.165) is 11.1 Å². The first-order valence-electron chi connectivity index (χ1n) is 21.0. The van der Waals surface area contributed by atoms with E-state index >= 15 is 0 Å². The zero-order chi connectivity index (χ0) is 43.8. The Labute approximate surface area is 351 Å². The summed E-state index contributed by atoms with van der Waals surface area (Å²) in [5.74, 6) is -4.40. The van der Waals surface area contributed by atoms with Gasteiger partial charge in [0.25, 0.3) is 0 Å². The monoisotopic (exact) mass is 823 g/mol. The number of esters is 2. The highest BCUT2D eigenvalue weighted by Gasteiger charge is 2.52. The lowest BCUT2D eigenvalue weighted by atomic mass is 9.73. The van der Waals surface area contributed by atoms with Crippen molar-refractivity contribution in [1.82, 2.24) is 4.90 Å². The molecule has 14 atom stereocenters. The van der Waals surface area contributed by atoms with E-state index in [2.05, 4.69) is 5.10 Å². The molecular weight excluding hydrogens is 755 g/mol. The van der Waals surface area contributed by atoms with Crippen LogP contribution in [-0.4, -0.2) is 125 Å². The quantitative estimate of drug-likeness (QED) is 0.155. The summed E-state index contributed by atoms with van der Waals surface area (Å²) < 4.78 is 32.0. The number of rotatable bonds is 10. The Bertz CT molecular complexity index is 1720. The van der Waals surface area contributed by atoms with E-state index in [1.807, 2.05) is 114 Å². The number of ether oxygens (including phenoxy) is 5. The molecule has 0 spiro atoms. The lowest BCUT2D eigenvalue weighted by Crippen LogP contribution is -2.60. The molecule has 0 bridgehead atoms. The first-order chi connectivity index (χ1) is 27.7. The highest BCUT2D eigenvalue weighted by molar-refractivity contribution is 5.99. The van der Waals surface area contributed by atoms with Crippen LogP contribution in [0.3, 0.4) is 0 Å². The Balaban J connectivity index is 1.92. The largest absolute Gasteiger partial charge is 0.461 e. The molecule has 0 radical (unpaired) electrons. The van der Waals surface area contributed by atoms with Crippen LogP contribution in [0.1, 0.15) is 92.7 Å². The van der Waals surface area contributed by atoms with Crippen LogP contribution in [0.4, 0.5) is 0 Å². The van der Waals surface area contributed by atoms with Crippen molar-refractivity contribution in [2.24, 2.45) is 33.9 Å². The number of carbonyl (C=O) groups is 2.